The van der Waals surface area contributed by atoms with Crippen molar-refractivity contribution in [3.8, 4) is 0 Å². The first kappa shape index (κ1) is 22.5. The zero-order valence-electron chi connectivity index (χ0n) is 20.0. The highest BCUT2D eigenvalue weighted by atomic mass is 16.5. The molecule has 2 aliphatic heterocycles. The van der Waals surface area contributed by atoms with Gasteiger partial charge in [-0.15, -0.1) is 0 Å². The number of aromatic nitrogens is 3. The van der Waals surface area contributed by atoms with Crippen LogP contribution >= 0.6 is 0 Å². The third kappa shape index (κ3) is 5.24. The number of hydrazine groups is 1. The Balaban J connectivity index is 1.32. The molecule has 1 unspecified atom stereocenters. The number of hydrogen-bond acceptors (Lipinski definition) is 10. The van der Waals surface area contributed by atoms with Gasteiger partial charge in [-0.2, -0.15) is 9.97 Å². The Hall–Kier alpha value is -3.34. The molecule has 0 spiro atoms. The number of allylic oxidation sites excluding steroid dienone is 1. The number of nitrogens with zero attached hydrogens (tertiary/aromatic N) is 5. The van der Waals surface area contributed by atoms with Gasteiger partial charge in [-0.1, -0.05) is 19.0 Å². The van der Waals surface area contributed by atoms with Crippen LogP contribution in [0.1, 0.15) is 51.0 Å². The second-order valence-electron chi connectivity index (χ2n) is 9.44. The van der Waals surface area contributed by atoms with Crippen molar-refractivity contribution in [2.24, 2.45) is 5.92 Å². The van der Waals surface area contributed by atoms with Crippen LogP contribution in [0.25, 0.3) is 0 Å². The molecule has 11 nitrogen and oxygen atoms in total. The second kappa shape index (κ2) is 9.49. The molecule has 34 heavy (non-hydrogen) atoms. The van der Waals surface area contributed by atoms with Gasteiger partial charge in [0.25, 0.3) is 0 Å². The van der Waals surface area contributed by atoms with Gasteiger partial charge in [-0.25, -0.2) is 5.43 Å². The molecule has 5 rings (SSSR count). The van der Waals surface area contributed by atoms with Gasteiger partial charge in [0.05, 0.1) is 12.2 Å². The Labute approximate surface area is 199 Å². The highest BCUT2D eigenvalue weighted by molar-refractivity contribution is 5.73. The average Bonchev–Trinajstić information content (AvgIpc) is 3.38. The molecule has 2 fully saturated rings. The largest absolute Gasteiger partial charge is 0.359 e. The van der Waals surface area contributed by atoms with E-state index in [0.29, 0.717) is 37.4 Å². The van der Waals surface area contributed by atoms with Crippen LogP contribution in [0.3, 0.4) is 0 Å². The van der Waals surface area contributed by atoms with Crippen LogP contribution in [0, 0.1) is 5.92 Å². The van der Waals surface area contributed by atoms with Crippen molar-refractivity contribution < 1.29 is 9.32 Å². The second-order valence-corrected chi connectivity index (χ2v) is 9.44. The molecule has 3 aliphatic rings. The van der Waals surface area contributed by atoms with Gasteiger partial charge < -0.3 is 30.4 Å². The molecule has 1 saturated heterocycles. The lowest BCUT2D eigenvalue weighted by Crippen LogP contribution is -2.48. The molecule has 11 heteroatoms. The zero-order chi connectivity index (χ0) is 23.7. The lowest BCUT2D eigenvalue weighted by molar-refractivity contribution is -0.129. The van der Waals surface area contributed by atoms with Gasteiger partial charge in [-0.3, -0.25) is 4.79 Å². The number of anilines is 3. The summed E-state index contributed by atoms with van der Waals surface area (Å²) >= 11 is 0. The van der Waals surface area contributed by atoms with Gasteiger partial charge in [0.15, 0.2) is 5.76 Å². The van der Waals surface area contributed by atoms with E-state index in [9.17, 15) is 4.79 Å². The summed E-state index contributed by atoms with van der Waals surface area (Å²) in [5.74, 6) is 3.85. The first-order valence-electron chi connectivity index (χ1n) is 12.0. The molecule has 1 aliphatic carbocycles. The minimum Gasteiger partial charge on any atom is -0.359 e. The highest BCUT2D eigenvalue weighted by Crippen LogP contribution is 2.36. The van der Waals surface area contributed by atoms with Crippen molar-refractivity contribution >= 4 is 23.5 Å². The van der Waals surface area contributed by atoms with Crippen molar-refractivity contribution in [1.82, 2.24) is 30.9 Å². The van der Waals surface area contributed by atoms with E-state index < -0.39 is 0 Å². The predicted molar refractivity (Wildman–Crippen MR) is 129 cm³/mol. The Morgan fingerprint density at radius 2 is 2.00 bits per heavy atom. The Bertz CT molecular complexity index is 1050. The minimum atomic E-state index is -0.0522. The van der Waals surface area contributed by atoms with Crippen LogP contribution in [-0.4, -0.2) is 58.3 Å². The van der Waals surface area contributed by atoms with E-state index >= 15 is 0 Å². The fourth-order valence-electron chi connectivity index (χ4n) is 4.14. The summed E-state index contributed by atoms with van der Waals surface area (Å²) in [7, 11) is 0. The van der Waals surface area contributed by atoms with E-state index in [1.165, 1.54) is 18.5 Å². The summed E-state index contributed by atoms with van der Waals surface area (Å²) in [6, 6.07) is 3.92. The summed E-state index contributed by atoms with van der Waals surface area (Å²) < 4.78 is 5.45. The van der Waals surface area contributed by atoms with Crippen molar-refractivity contribution in [1.29, 1.82) is 0 Å². The minimum absolute atomic E-state index is 0.0522. The maximum atomic E-state index is 11.7. The van der Waals surface area contributed by atoms with Crippen LogP contribution in [0.15, 0.2) is 28.4 Å². The Morgan fingerprint density at radius 1 is 1.21 bits per heavy atom. The van der Waals surface area contributed by atoms with Crippen molar-refractivity contribution in [2.75, 3.05) is 41.7 Å². The number of piperazine rings is 1. The van der Waals surface area contributed by atoms with Crippen LogP contribution in [0.2, 0.25) is 0 Å². The van der Waals surface area contributed by atoms with E-state index in [-0.39, 0.29) is 12.1 Å². The number of carbonyl (C=O) groups excluding carboxylic acids is 1. The lowest BCUT2D eigenvalue weighted by Gasteiger charge is -2.35. The summed E-state index contributed by atoms with van der Waals surface area (Å²) in [5, 5.41) is 10.9. The number of hydrogen-bond donors (Lipinski definition) is 4. The molecule has 1 saturated carbocycles. The highest BCUT2D eigenvalue weighted by Gasteiger charge is 2.30. The fourth-order valence-corrected chi connectivity index (χ4v) is 4.14. The van der Waals surface area contributed by atoms with Crippen LogP contribution < -0.4 is 26.4 Å². The van der Waals surface area contributed by atoms with E-state index in [1.807, 2.05) is 17.0 Å². The van der Waals surface area contributed by atoms with Gasteiger partial charge >= 0.3 is 0 Å². The molecule has 0 aromatic carbocycles. The topological polar surface area (TPSA) is 123 Å². The first-order valence-corrected chi connectivity index (χ1v) is 12.0. The van der Waals surface area contributed by atoms with Crippen molar-refractivity contribution in [3.63, 3.8) is 0 Å². The molecule has 2 aromatic rings. The number of carbonyl (C=O) groups is 1. The lowest BCUT2D eigenvalue weighted by atomic mass is 10.1. The molecule has 182 valence electrons. The van der Waals surface area contributed by atoms with E-state index in [4.69, 9.17) is 14.5 Å². The van der Waals surface area contributed by atoms with Gasteiger partial charge in [0.1, 0.15) is 17.8 Å². The fraction of sp³-hybridized carbons (Fsp3) is 0.565. The zero-order valence-corrected chi connectivity index (χ0v) is 20.0. The third-order valence-corrected chi connectivity index (χ3v) is 6.39. The first-order chi connectivity index (χ1) is 16.4. The summed E-state index contributed by atoms with van der Waals surface area (Å²) in [6.07, 6.45) is 4.61. The quantitative estimate of drug-likeness (QED) is 0.458. The van der Waals surface area contributed by atoms with Gasteiger partial charge in [-0.05, 0) is 30.8 Å². The summed E-state index contributed by atoms with van der Waals surface area (Å²) in [6.45, 7) is 9.04. The normalized spacial score (nSPS) is 20.4. The molecule has 1 amide bonds. The predicted octanol–water partition coefficient (Wildman–Crippen LogP) is 2.01. The van der Waals surface area contributed by atoms with Crippen LogP contribution in [0.5, 0.6) is 0 Å². The Morgan fingerprint density at radius 3 is 2.68 bits per heavy atom. The summed E-state index contributed by atoms with van der Waals surface area (Å²) in [4.78, 5) is 25.2. The van der Waals surface area contributed by atoms with E-state index in [1.54, 1.807) is 6.92 Å². The smallest absolute Gasteiger partial charge is 0.226 e. The average molecular weight is 468 g/mol. The van der Waals surface area contributed by atoms with Gasteiger partial charge in [0, 0.05) is 50.9 Å². The van der Waals surface area contributed by atoms with Crippen LogP contribution in [0.4, 0.5) is 17.6 Å². The standard InChI is InChI=1S/C23H33N9O2/c1-14(2)18-10-17(34-30-18)13-24-23-26-20(25-21-11-19(28-29-21)16-4-5-16)12-22(27-23)32-8-6-31(7-9-32)15(3)33/h10-12,14,16,21,28-29H,4-9,13H2,1-3H3,(H2,24,25,26,27). The van der Waals surface area contributed by atoms with Crippen molar-refractivity contribution in [3.05, 3.63) is 35.4 Å². The molecule has 4 N–H and O–H groups in total. The van der Waals surface area contributed by atoms with Crippen molar-refractivity contribution in [2.45, 2.75) is 52.2 Å². The molecular weight excluding hydrogens is 434 g/mol. The third-order valence-electron chi connectivity index (χ3n) is 6.39. The molecule has 0 radical (unpaired) electrons. The molecular formula is C23H33N9O2. The SMILES string of the molecule is CC(=O)N1CCN(c2cc(NC3C=C(C4CC4)NN3)nc(NCc3cc(C(C)C)no3)n2)CC1. The molecule has 2 aromatic heterocycles. The molecule has 4 heterocycles. The monoisotopic (exact) mass is 467 g/mol. The maximum absolute atomic E-state index is 11.7. The number of nitrogens with one attached hydrogen (secondary N) is 4. The Kier molecular flexibility index (Phi) is 6.27. The summed E-state index contributed by atoms with van der Waals surface area (Å²) in [5.41, 5.74) is 8.72. The van der Waals surface area contributed by atoms with E-state index in [2.05, 4.69) is 51.5 Å². The number of amides is 1. The maximum Gasteiger partial charge on any atom is 0.226 e. The number of rotatable bonds is 8. The van der Waals surface area contributed by atoms with Crippen LogP contribution in [-0.2, 0) is 11.3 Å². The molecule has 1 atom stereocenters. The van der Waals surface area contributed by atoms with E-state index in [0.717, 1.165) is 36.2 Å². The van der Waals surface area contributed by atoms with Gasteiger partial charge in [0.2, 0.25) is 11.9 Å². The molecule has 0 bridgehead atoms.